The van der Waals surface area contributed by atoms with Gasteiger partial charge in [-0.25, -0.2) is 0 Å². The number of hydrogen-bond donors (Lipinski definition) is 1. The molecule has 1 unspecified atom stereocenters. The van der Waals surface area contributed by atoms with E-state index in [1.807, 2.05) is 48.7 Å². The van der Waals surface area contributed by atoms with E-state index in [0.29, 0.717) is 23.2 Å². The van der Waals surface area contributed by atoms with Crippen LogP contribution in [-0.4, -0.2) is 31.3 Å². The quantitative estimate of drug-likeness (QED) is 0.278. The minimum absolute atomic E-state index is 0.00722. The van der Waals surface area contributed by atoms with Crippen LogP contribution in [0.3, 0.4) is 0 Å². The van der Waals surface area contributed by atoms with Crippen LogP contribution in [0.15, 0.2) is 53.7 Å². The molecule has 0 saturated carbocycles. The third-order valence-electron chi connectivity index (χ3n) is 4.24. The molecule has 3 aromatic rings. The number of aromatic nitrogens is 3. The van der Waals surface area contributed by atoms with Crippen LogP contribution in [-0.2, 0) is 11.3 Å². The molecule has 31 heavy (non-hydrogen) atoms. The average molecular weight is 462 g/mol. The molecule has 0 bridgehead atoms. The molecule has 3 rings (SSSR count). The van der Waals surface area contributed by atoms with Crippen LogP contribution >= 0.6 is 23.4 Å². The minimum Gasteiger partial charge on any atom is -0.483 e. The largest absolute Gasteiger partial charge is 0.483 e. The summed E-state index contributed by atoms with van der Waals surface area (Å²) in [6.07, 6.45) is -0.326. The molecule has 0 aliphatic carbocycles. The highest BCUT2D eigenvalue weighted by Gasteiger charge is 2.20. The van der Waals surface area contributed by atoms with Gasteiger partial charge in [0.1, 0.15) is 10.8 Å². The van der Waals surface area contributed by atoms with Gasteiger partial charge in [-0.1, -0.05) is 41.6 Å². The van der Waals surface area contributed by atoms with Gasteiger partial charge in [0.25, 0.3) is 5.69 Å². The molecule has 1 aromatic heterocycles. The van der Waals surface area contributed by atoms with Crippen LogP contribution in [0.4, 0.5) is 11.4 Å². The number of amides is 1. The van der Waals surface area contributed by atoms with Crippen molar-refractivity contribution in [1.29, 1.82) is 0 Å². The Balaban J connectivity index is 1.63. The number of ether oxygens (including phenoxy) is 1. The molecular weight excluding hydrogens is 442 g/mol. The highest BCUT2D eigenvalue weighted by Crippen LogP contribution is 2.28. The summed E-state index contributed by atoms with van der Waals surface area (Å²) < 4.78 is 7.81. The van der Waals surface area contributed by atoms with Crippen molar-refractivity contribution in [3.05, 3.63) is 69.5 Å². The van der Waals surface area contributed by atoms with E-state index >= 15 is 0 Å². The number of nitro groups is 1. The zero-order chi connectivity index (χ0) is 22.4. The molecule has 9 nitrogen and oxygen atoms in total. The number of hydrogen-bond acceptors (Lipinski definition) is 7. The van der Waals surface area contributed by atoms with Crippen LogP contribution in [0.25, 0.3) is 0 Å². The molecule has 0 spiro atoms. The van der Waals surface area contributed by atoms with E-state index in [0.717, 1.165) is 5.75 Å². The van der Waals surface area contributed by atoms with Crippen molar-refractivity contribution in [2.75, 3.05) is 11.1 Å². The molecule has 2 aromatic carbocycles. The number of rotatable bonds is 9. The molecule has 1 atom stereocenters. The van der Waals surface area contributed by atoms with Gasteiger partial charge in [-0.2, -0.15) is 0 Å². The van der Waals surface area contributed by atoms with Crippen molar-refractivity contribution in [2.45, 2.75) is 31.7 Å². The number of anilines is 1. The van der Waals surface area contributed by atoms with Crippen molar-refractivity contribution in [1.82, 2.24) is 14.8 Å². The fourth-order valence-corrected chi connectivity index (χ4v) is 3.81. The maximum Gasteiger partial charge on any atom is 0.289 e. The van der Waals surface area contributed by atoms with Gasteiger partial charge in [-0.15, -0.1) is 10.2 Å². The normalized spacial score (nSPS) is 11.7. The monoisotopic (exact) mass is 461 g/mol. The first-order valence-corrected chi connectivity index (χ1v) is 10.8. The Labute approximate surface area is 187 Å². The van der Waals surface area contributed by atoms with Crippen LogP contribution in [0.5, 0.6) is 5.75 Å². The van der Waals surface area contributed by atoms with Crippen LogP contribution in [0.1, 0.15) is 25.8 Å². The van der Waals surface area contributed by atoms with Gasteiger partial charge >= 0.3 is 0 Å². The Morgan fingerprint density at radius 1 is 1.29 bits per heavy atom. The molecule has 0 saturated heterocycles. The Bertz CT molecular complexity index is 1080. The third kappa shape index (κ3) is 5.74. The fourth-order valence-electron chi connectivity index (χ4n) is 2.82. The summed E-state index contributed by atoms with van der Waals surface area (Å²) in [4.78, 5) is 22.7. The van der Waals surface area contributed by atoms with E-state index in [2.05, 4.69) is 15.5 Å². The zero-order valence-electron chi connectivity index (χ0n) is 16.8. The summed E-state index contributed by atoms with van der Waals surface area (Å²) in [7, 11) is 0. The Kier molecular flexibility index (Phi) is 7.48. The summed E-state index contributed by atoms with van der Waals surface area (Å²) in [6.45, 7) is 4.45. The Morgan fingerprint density at radius 3 is 2.71 bits per heavy atom. The highest BCUT2D eigenvalue weighted by molar-refractivity contribution is 7.99. The third-order valence-corrected chi connectivity index (χ3v) is 5.53. The second kappa shape index (κ2) is 10.3. The van der Waals surface area contributed by atoms with Crippen LogP contribution in [0.2, 0.25) is 5.02 Å². The van der Waals surface area contributed by atoms with E-state index < -0.39 is 4.92 Å². The van der Waals surface area contributed by atoms with Gasteiger partial charge in [-0.3, -0.25) is 14.9 Å². The number of nitrogens with one attached hydrogen (secondary N) is 1. The number of carbonyl (C=O) groups excluding carboxylic acids is 1. The summed E-state index contributed by atoms with van der Waals surface area (Å²) in [5.74, 6) is 1.11. The van der Waals surface area contributed by atoms with Gasteiger partial charge in [0.15, 0.2) is 17.1 Å². The number of benzene rings is 2. The number of para-hydroxylation sites is 1. The van der Waals surface area contributed by atoms with Gasteiger partial charge in [0.05, 0.1) is 10.7 Å². The number of nitro benzene ring substituents is 1. The minimum atomic E-state index is -0.601. The molecule has 0 fully saturated rings. The zero-order valence-corrected chi connectivity index (χ0v) is 18.4. The molecule has 1 N–H and O–H groups in total. The fraction of sp³-hybridized carbons (Fsp3) is 0.250. The lowest BCUT2D eigenvalue weighted by molar-refractivity contribution is -0.384. The van der Waals surface area contributed by atoms with Gasteiger partial charge in [-0.05, 0) is 38.1 Å². The summed E-state index contributed by atoms with van der Waals surface area (Å²) in [5.41, 5.74) is 0.0270. The van der Waals surface area contributed by atoms with Gasteiger partial charge in [0, 0.05) is 18.3 Å². The summed E-state index contributed by atoms with van der Waals surface area (Å²) in [6, 6.07) is 13.5. The lowest BCUT2D eigenvalue weighted by Crippen LogP contribution is -2.15. The lowest BCUT2D eigenvalue weighted by atomic mass is 10.3. The summed E-state index contributed by atoms with van der Waals surface area (Å²) >= 11 is 7.01. The first kappa shape index (κ1) is 22.6. The topological polar surface area (TPSA) is 112 Å². The maximum absolute atomic E-state index is 12.3. The lowest BCUT2D eigenvalue weighted by Gasteiger charge is -2.15. The molecule has 162 valence electrons. The second-order valence-corrected chi connectivity index (χ2v) is 7.77. The Hall–Kier alpha value is -3.11. The highest BCUT2D eigenvalue weighted by atomic mass is 35.5. The first-order valence-electron chi connectivity index (χ1n) is 9.40. The Morgan fingerprint density at radius 2 is 2.03 bits per heavy atom. The average Bonchev–Trinajstić information content (AvgIpc) is 3.17. The first-order chi connectivity index (χ1) is 14.9. The molecule has 11 heteroatoms. The number of thioether (sulfide) groups is 1. The van der Waals surface area contributed by atoms with Crippen molar-refractivity contribution >= 4 is 40.6 Å². The van der Waals surface area contributed by atoms with Crippen molar-refractivity contribution in [2.24, 2.45) is 0 Å². The van der Waals surface area contributed by atoms with E-state index in [1.165, 1.54) is 30.0 Å². The van der Waals surface area contributed by atoms with Crippen LogP contribution in [0, 0.1) is 10.1 Å². The van der Waals surface area contributed by atoms with Crippen molar-refractivity contribution < 1.29 is 14.5 Å². The van der Waals surface area contributed by atoms with Crippen molar-refractivity contribution in [3.63, 3.8) is 0 Å². The number of halogens is 1. The summed E-state index contributed by atoms with van der Waals surface area (Å²) in [5, 5.41) is 22.6. The predicted molar refractivity (Wildman–Crippen MR) is 119 cm³/mol. The SMILES string of the molecule is CCn1c(SCC(=O)Nc2ccc(Cl)c([N+](=O)[O-])c2)nnc1C(C)Oc1ccccc1. The predicted octanol–water partition coefficient (Wildman–Crippen LogP) is 4.73. The van der Waals surface area contributed by atoms with E-state index in [9.17, 15) is 14.9 Å². The van der Waals surface area contributed by atoms with E-state index in [1.54, 1.807) is 0 Å². The molecular formula is C20H20ClN5O4S. The molecule has 1 heterocycles. The molecule has 0 radical (unpaired) electrons. The van der Waals surface area contributed by atoms with Crippen molar-refractivity contribution in [3.8, 4) is 5.75 Å². The smallest absolute Gasteiger partial charge is 0.289 e. The molecule has 0 aliphatic rings. The number of carbonyl (C=O) groups is 1. The maximum atomic E-state index is 12.3. The second-order valence-electron chi connectivity index (χ2n) is 6.42. The van der Waals surface area contributed by atoms with E-state index in [-0.39, 0.29) is 28.5 Å². The standard InChI is InChI=1S/C20H20ClN5O4S/c1-3-25-19(13(2)30-15-7-5-4-6-8-15)23-24-20(25)31-12-18(27)22-14-9-10-16(21)17(11-14)26(28)29/h4-11,13H,3,12H2,1-2H3,(H,22,27). The molecule has 0 aliphatic heterocycles. The van der Waals surface area contributed by atoms with Gasteiger partial charge in [0.2, 0.25) is 5.91 Å². The van der Waals surface area contributed by atoms with Crippen LogP contribution < -0.4 is 10.1 Å². The molecule has 1 amide bonds. The van der Waals surface area contributed by atoms with Gasteiger partial charge < -0.3 is 14.6 Å². The number of nitrogens with zero attached hydrogens (tertiary/aromatic N) is 4. The van der Waals surface area contributed by atoms with E-state index in [4.69, 9.17) is 16.3 Å².